The number of hydrogen-bond acceptors (Lipinski definition) is 3. The second-order valence-corrected chi connectivity index (χ2v) is 5.32. The van der Waals surface area contributed by atoms with E-state index in [0.29, 0.717) is 6.42 Å². The normalized spacial score (nSPS) is 12.3. The van der Waals surface area contributed by atoms with Gasteiger partial charge in [-0.05, 0) is 25.3 Å². The second kappa shape index (κ2) is 9.32. The lowest BCUT2D eigenvalue weighted by molar-refractivity contribution is -0.137. The molecule has 116 valence electrons. The van der Waals surface area contributed by atoms with Gasteiger partial charge in [-0.25, -0.2) is 0 Å². The number of carboxylic acids is 1. The lowest BCUT2D eigenvalue weighted by Crippen LogP contribution is -2.31. The summed E-state index contributed by atoms with van der Waals surface area (Å²) < 4.78 is 0. The maximum absolute atomic E-state index is 10.5. The first-order valence-corrected chi connectivity index (χ1v) is 7.33. The highest BCUT2D eigenvalue weighted by Crippen LogP contribution is 2.27. The molecule has 1 atom stereocenters. The molecule has 0 heterocycles. The molecule has 4 heteroatoms. The van der Waals surface area contributed by atoms with Gasteiger partial charge in [0.1, 0.15) is 0 Å². The molecule has 21 heavy (non-hydrogen) atoms. The van der Waals surface area contributed by atoms with Crippen molar-refractivity contribution in [2.45, 2.75) is 38.6 Å². The van der Waals surface area contributed by atoms with E-state index in [0.717, 1.165) is 30.5 Å². The van der Waals surface area contributed by atoms with Crippen LogP contribution in [-0.2, 0) is 4.79 Å². The van der Waals surface area contributed by atoms with Gasteiger partial charge in [0.2, 0.25) is 0 Å². The van der Waals surface area contributed by atoms with Crippen LogP contribution in [0.2, 0.25) is 0 Å². The highest BCUT2D eigenvalue weighted by Gasteiger charge is 2.19. The van der Waals surface area contributed by atoms with Crippen LogP contribution in [0, 0.1) is 0 Å². The Kier molecular flexibility index (Phi) is 7.72. The number of rotatable bonds is 10. The standard InChI is InChI=1S/C17H25NO3/c1-14(2)17(15-9-5-3-6-10-15)18(13-19)12-8-4-7-11-16(20)21/h3,5-6,9-10,17,19H,1,4,7-8,11-13H2,2H3,(H,20,21). The molecular formula is C17H25NO3. The Morgan fingerprint density at radius 2 is 1.90 bits per heavy atom. The van der Waals surface area contributed by atoms with E-state index in [-0.39, 0.29) is 19.2 Å². The zero-order chi connectivity index (χ0) is 15.7. The van der Waals surface area contributed by atoms with E-state index in [1.807, 2.05) is 42.2 Å². The smallest absolute Gasteiger partial charge is 0.303 e. The highest BCUT2D eigenvalue weighted by atomic mass is 16.4. The Balaban J connectivity index is 2.58. The molecular weight excluding hydrogens is 266 g/mol. The van der Waals surface area contributed by atoms with E-state index in [4.69, 9.17) is 5.11 Å². The average Bonchev–Trinajstić information content (AvgIpc) is 2.45. The van der Waals surface area contributed by atoms with Crippen LogP contribution in [0.4, 0.5) is 0 Å². The van der Waals surface area contributed by atoms with Crippen molar-refractivity contribution in [1.82, 2.24) is 4.90 Å². The number of aliphatic hydroxyl groups excluding tert-OH is 1. The van der Waals surface area contributed by atoms with E-state index in [1.54, 1.807) is 0 Å². The van der Waals surface area contributed by atoms with Gasteiger partial charge in [0.05, 0.1) is 12.8 Å². The van der Waals surface area contributed by atoms with Crippen molar-refractivity contribution >= 4 is 5.97 Å². The summed E-state index contributed by atoms with van der Waals surface area (Å²) in [5.74, 6) is -0.752. The Morgan fingerprint density at radius 3 is 2.43 bits per heavy atom. The summed E-state index contributed by atoms with van der Waals surface area (Å²) in [6.45, 7) is 6.69. The highest BCUT2D eigenvalue weighted by molar-refractivity contribution is 5.66. The van der Waals surface area contributed by atoms with Crippen molar-refractivity contribution in [3.05, 3.63) is 48.0 Å². The van der Waals surface area contributed by atoms with E-state index in [9.17, 15) is 9.90 Å². The van der Waals surface area contributed by atoms with Gasteiger partial charge in [0, 0.05) is 13.0 Å². The molecule has 0 saturated heterocycles. The molecule has 0 aromatic heterocycles. The minimum absolute atomic E-state index is 0.00401. The van der Waals surface area contributed by atoms with Gasteiger partial charge in [-0.3, -0.25) is 9.69 Å². The predicted octanol–water partition coefficient (Wildman–Crippen LogP) is 3.20. The molecule has 0 saturated carbocycles. The first-order valence-electron chi connectivity index (χ1n) is 7.33. The summed E-state index contributed by atoms with van der Waals surface area (Å²) in [5, 5.41) is 18.3. The van der Waals surface area contributed by atoms with Crippen molar-refractivity contribution in [3.8, 4) is 0 Å². The van der Waals surface area contributed by atoms with Crippen LogP contribution in [0.1, 0.15) is 44.2 Å². The zero-order valence-electron chi connectivity index (χ0n) is 12.7. The Labute approximate surface area is 126 Å². The molecule has 0 bridgehead atoms. The van der Waals surface area contributed by atoms with Crippen LogP contribution in [-0.4, -0.2) is 34.4 Å². The molecule has 0 aliphatic carbocycles. The Bertz CT molecular complexity index is 445. The zero-order valence-corrected chi connectivity index (χ0v) is 12.7. The lowest BCUT2D eigenvalue weighted by Gasteiger charge is -2.30. The molecule has 1 aromatic rings. The van der Waals surface area contributed by atoms with Crippen LogP contribution >= 0.6 is 0 Å². The summed E-state index contributed by atoms with van der Waals surface area (Å²) in [4.78, 5) is 12.4. The van der Waals surface area contributed by atoms with Gasteiger partial charge >= 0.3 is 5.97 Å². The number of benzene rings is 1. The minimum Gasteiger partial charge on any atom is -0.481 e. The van der Waals surface area contributed by atoms with E-state index >= 15 is 0 Å². The first-order chi connectivity index (χ1) is 10.1. The maximum atomic E-state index is 10.5. The number of carbonyl (C=O) groups is 1. The minimum atomic E-state index is -0.752. The van der Waals surface area contributed by atoms with E-state index in [1.165, 1.54) is 0 Å². The summed E-state index contributed by atoms with van der Waals surface area (Å²) in [6, 6.07) is 9.99. The molecule has 0 amide bonds. The van der Waals surface area contributed by atoms with Gasteiger partial charge in [-0.15, -0.1) is 0 Å². The SMILES string of the molecule is C=C(C)C(c1ccccc1)N(CO)CCCCCC(=O)O. The first kappa shape index (κ1) is 17.4. The van der Waals surface area contributed by atoms with Gasteiger partial charge in [0.15, 0.2) is 0 Å². The second-order valence-electron chi connectivity index (χ2n) is 5.32. The molecule has 0 aliphatic heterocycles. The van der Waals surface area contributed by atoms with Crippen molar-refractivity contribution in [3.63, 3.8) is 0 Å². The number of aliphatic hydroxyl groups is 1. The molecule has 2 N–H and O–H groups in total. The topological polar surface area (TPSA) is 60.8 Å². The third-order valence-corrected chi connectivity index (χ3v) is 3.46. The Hall–Kier alpha value is -1.65. The van der Waals surface area contributed by atoms with Crippen LogP contribution < -0.4 is 0 Å². The molecule has 1 aromatic carbocycles. The quantitative estimate of drug-likeness (QED) is 0.395. The van der Waals surface area contributed by atoms with Crippen LogP contribution in [0.3, 0.4) is 0 Å². The van der Waals surface area contributed by atoms with Crippen LogP contribution in [0.5, 0.6) is 0 Å². The lowest BCUT2D eigenvalue weighted by atomic mass is 9.99. The predicted molar refractivity (Wildman–Crippen MR) is 83.9 cm³/mol. The number of unbranched alkanes of at least 4 members (excludes halogenated alkanes) is 2. The molecule has 1 rings (SSSR count). The van der Waals surface area contributed by atoms with Gasteiger partial charge in [-0.2, -0.15) is 0 Å². The fourth-order valence-corrected chi connectivity index (χ4v) is 2.49. The monoisotopic (exact) mass is 291 g/mol. The fourth-order valence-electron chi connectivity index (χ4n) is 2.49. The van der Waals surface area contributed by atoms with Crippen LogP contribution in [0.15, 0.2) is 42.5 Å². The molecule has 0 spiro atoms. The molecule has 0 radical (unpaired) electrons. The fraction of sp³-hybridized carbons (Fsp3) is 0.471. The van der Waals surface area contributed by atoms with Gasteiger partial charge in [0.25, 0.3) is 0 Å². The number of hydrogen-bond donors (Lipinski definition) is 2. The molecule has 1 unspecified atom stereocenters. The summed E-state index contributed by atoms with van der Waals surface area (Å²) in [6.07, 6.45) is 2.60. The van der Waals surface area contributed by atoms with Crippen molar-refractivity contribution in [2.24, 2.45) is 0 Å². The van der Waals surface area contributed by atoms with Gasteiger partial charge < -0.3 is 10.2 Å². The average molecular weight is 291 g/mol. The van der Waals surface area contributed by atoms with Crippen molar-refractivity contribution in [2.75, 3.05) is 13.3 Å². The number of nitrogens with zero attached hydrogens (tertiary/aromatic N) is 1. The van der Waals surface area contributed by atoms with Crippen molar-refractivity contribution < 1.29 is 15.0 Å². The van der Waals surface area contributed by atoms with Crippen molar-refractivity contribution in [1.29, 1.82) is 0 Å². The van der Waals surface area contributed by atoms with Crippen LogP contribution in [0.25, 0.3) is 0 Å². The van der Waals surface area contributed by atoms with E-state index < -0.39 is 5.97 Å². The summed E-state index contributed by atoms with van der Waals surface area (Å²) in [5.41, 5.74) is 2.10. The Morgan fingerprint density at radius 1 is 1.24 bits per heavy atom. The molecule has 4 nitrogen and oxygen atoms in total. The number of aliphatic carboxylic acids is 1. The third-order valence-electron chi connectivity index (χ3n) is 3.46. The largest absolute Gasteiger partial charge is 0.481 e. The van der Waals surface area contributed by atoms with E-state index in [2.05, 4.69) is 6.58 Å². The van der Waals surface area contributed by atoms with Gasteiger partial charge in [-0.1, -0.05) is 48.9 Å². The summed E-state index contributed by atoms with van der Waals surface area (Å²) >= 11 is 0. The molecule has 0 aliphatic rings. The number of carboxylic acid groups (broad SMARTS) is 1. The summed E-state index contributed by atoms with van der Waals surface area (Å²) in [7, 11) is 0. The third kappa shape index (κ3) is 6.10. The molecule has 0 fully saturated rings. The maximum Gasteiger partial charge on any atom is 0.303 e.